The Labute approximate surface area is 190 Å². The van der Waals surface area contributed by atoms with Gasteiger partial charge in [0, 0.05) is 0 Å². The summed E-state index contributed by atoms with van der Waals surface area (Å²) in [6.45, 7) is 20.6. The second-order valence-corrected chi connectivity index (χ2v) is 10.3. The molecule has 0 atom stereocenters. The van der Waals surface area contributed by atoms with Gasteiger partial charge in [0.25, 0.3) is 0 Å². The zero-order valence-electron chi connectivity index (χ0n) is 21.0. The molecule has 0 heteroatoms. The van der Waals surface area contributed by atoms with Crippen LogP contribution in [0.3, 0.4) is 0 Å². The Morgan fingerprint density at radius 3 is 1.16 bits per heavy atom. The summed E-state index contributed by atoms with van der Waals surface area (Å²) in [6, 6.07) is 21.0. The third-order valence-electron chi connectivity index (χ3n) is 6.64. The molecule has 164 valence electrons. The van der Waals surface area contributed by atoms with E-state index in [-0.39, 0.29) is 0 Å². The van der Waals surface area contributed by atoms with Gasteiger partial charge in [-0.25, -0.2) is 0 Å². The molecule has 0 amide bonds. The first-order valence-corrected chi connectivity index (χ1v) is 12.0. The van der Waals surface area contributed by atoms with Crippen molar-refractivity contribution in [1.29, 1.82) is 0 Å². The lowest BCUT2D eigenvalue weighted by atomic mass is 9.83. The topological polar surface area (TPSA) is 0 Å². The van der Waals surface area contributed by atoms with Crippen molar-refractivity contribution in [1.82, 2.24) is 0 Å². The van der Waals surface area contributed by atoms with E-state index in [1.807, 2.05) is 0 Å². The molecule has 0 heterocycles. The maximum atomic E-state index is 2.42. The third kappa shape index (κ3) is 4.79. The van der Waals surface area contributed by atoms with Crippen LogP contribution in [0.15, 0.2) is 54.6 Å². The standard InChI is InChI=1S/C31H40/c1-19(2)24-13-15-28(30(17-24)21(5)6)26-11-10-12-27(23(26)9)29-16-14-25(20(3)4)18-31(29)22(7)8/h10-22H,1-9H3. The zero-order valence-corrected chi connectivity index (χ0v) is 21.0. The van der Waals surface area contributed by atoms with E-state index >= 15 is 0 Å². The molecule has 0 unspecified atom stereocenters. The van der Waals surface area contributed by atoms with E-state index in [0.717, 1.165) is 0 Å². The number of benzene rings is 3. The highest BCUT2D eigenvalue weighted by Gasteiger charge is 2.17. The van der Waals surface area contributed by atoms with Crippen molar-refractivity contribution >= 4 is 0 Å². The molecule has 0 N–H and O–H groups in total. The van der Waals surface area contributed by atoms with Crippen LogP contribution >= 0.6 is 0 Å². The number of rotatable bonds is 6. The van der Waals surface area contributed by atoms with E-state index in [1.54, 1.807) is 0 Å². The molecular weight excluding hydrogens is 372 g/mol. The Hall–Kier alpha value is -2.34. The number of hydrogen-bond donors (Lipinski definition) is 0. The van der Waals surface area contributed by atoms with Gasteiger partial charge in [0.1, 0.15) is 0 Å². The van der Waals surface area contributed by atoms with Crippen LogP contribution in [0.5, 0.6) is 0 Å². The molecule has 0 aliphatic carbocycles. The first-order valence-electron chi connectivity index (χ1n) is 12.0. The van der Waals surface area contributed by atoms with Crippen LogP contribution in [0, 0.1) is 6.92 Å². The molecule has 0 aliphatic rings. The fourth-order valence-electron chi connectivity index (χ4n) is 4.55. The highest BCUT2D eigenvalue weighted by Crippen LogP contribution is 2.39. The maximum absolute atomic E-state index is 2.42. The van der Waals surface area contributed by atoms with Crippen LogP contribution in [0.2, 0.25) is 0 Å². The maximum Gasteiger partial charge on any atom is -0.0146 e. The molecular formula is C31H40. The van der Waals surface area contributed by atoms with Crippen molar-refractivity contribution in [2.45, 2.75) is 86.0 Å². The molecule has 31 heavy (non-hydrogen) atoms. The van der Waals surface area contributed by atoms with E-state index < -0.39 is 0 Å². The SMILES string of the molecule is Cc1c(-c2ccc(C(C)C)cc2C(C)C)cccc1-c1ccc(C(C)C)cc1C(C)C. The average Bonchev–Trinajstić information content (AvgIpc) is 2.73. The second-order valence-electron chi connectivity index (χ2n) is 10.3. The minimum atomic E-state index is 0.494. The van der Waals surface area contributed by atoms with Gasteiger partial charge in [-0.15, -0.1) is 0 Å². The first-order chi connectivity index (χ1) is 14.6. The zero-order chi connectivity index (χ0) is 22.9. The quantitative estimate of drug-likeness (QED) is 0.378. The van der Waals surface area contributed by atoms with Gasteiger partial charge >= 0.3 is 0 Å². The van der Waals surface area contributed by atoms with Gasteiger partial charge in [0.2, 0.25) is 0 Å². The fourth-order valence-corrected chi connectivity index (χ4v) is 4.55. The molecule has 0 bridgehead atoms. The van der Waals surface area contributed by atoms with E-state index in [0.29, 0.717) is 23.7 Å². The van der Waals surface area contributed by atoms with Gasteiger partial charge in [-0.3, -0.25) is 0 Å². The Bertz CT molecular complexity index is 966. The predicted octanol–water partition coefficient (Wildman–Crippen LogP) is 9.82. The Kier molecular flexibility index (Phi) is 7.10. The van der Waals surface area contributed by atoms with Crippen molar-refractivity contribution < 1.29 is 0 Å². The summed E-state index contributed by atoms with van der Waals surface area (Å²) < 4.78 is 0. The van der Waals surface area contributed by atoms with E-state index in [9.17, 15) is 0 Å². The van der Waals surface area contributed by atoms with Crippen LogP contribution < -0.4 is 0 Å². The van der Waals surface area contributed by atoms with E-state index in [4.69, 9.17) is 0 Å². The molecule has 0 fully saturated rings. The average molecular weight is 413 g/mol. The van der Waals surface area contributed by atoms with E-state index in [1.165, 1.54) is 50.1 Å². The summed E-state index contributed by atoms with van der Waals surface area (Å²) in [5, 5.41) is 0. The van der Waals surface area contributed by atoms with Crippen molar-refractivity contribution in [3.63, 3.8) is 0 Å². The Morgan fingerprint density at radius 2 is 0.839 bits per heavy atom. The number of hydrogen-bond acceptors (Lipinski definition) is 0. The lowest BCUT2D eigenvalue weighted by molar-refractivity contribution is 0.835. The highest BCUT2D eigenvalue weighted by molar-refractivity contribution is 5.81. The molecule has 3 aromatic rings. The van der Waals surface area contributed by atoms with Gasteiger partial charge in [-0.05, 0) is 80.7 Å². The van der Waals surface area contributed by atoms with E-state index in [2.05, 4.69) is 117 Å². The Balaban J connectivity index is 2.21. The van der Waals surface area contributed by atoms with Gasteiger partial charge in [0.15, 0.2) is 0 Å². The molecule has 3 rings (SSSR count). The van der Waals surface area contributed by atoms with Gasteiger partial charge < -0.3 is 0 Å². The van der Waals surface area contributed by atoms with Gasteiger partial charge in [-0.1, -0.05) is 110 Å². The second kappa shape index (κ2) is 9.43. The van der Waals surface area contributed by atoms with Crippen LogP contribution in [-0.4, -0.2) is 0 Å². The monoisotopic (exact) mass is 412 g/mol. The summed E-state index contributed by atoms with van der Waals surface area (Å²) in [6.07, 6.45) is 0. The third-order valence-corrected chi connectivity index (χ3v) is 6.64. The van der Waals surface area contributed by atoms with Crippen LogP contribution in [0.25, 0.3) is 22.3 Å². The van der Waals surface area contributed by atoms with Gasteiger partial charge in [-0.2, -0.15) is 0 Å². The molecule has 0 aliphatic heterocycles. The largest absolute Gasteiger partial charge is 0.0610 e. The first kappa shape index (κ1) is 23.3. The summed E-state index contributed by atoms with van der Waals surface area (Å²) >= 11 is 0. The summed E-state index contributed by atoms with van der Waals surface area (Å²) in [4.78, 5) is 0. The van der Waals surface area contributed by atoms with Crippen molar-refractivity contribution in [2.75, 3.05) is 0 Å². The summed E-state index contributed by atoms with van der Waals surface area (Å²) in [5.74, 6) is 2.08. The molecule has 0 radical (unpaired) electrons. The Morgan fingerprint density at radius 1 is 0.452 bits per heavy atom. The molecule has 3 aromatic carbocycles. The summed E-state index contributed by atoms with van der Waals surface area (Å²) in [5.41, 5.74) is 12.6. The minimum Gasteiger partial charge on any atom is -0.0610 e. The molecule has 0 nitrogen and oxygen atoms in total. The highest BCUT2D eigenvalue weighted by atomic mass is 14.2. The molecule has 0 saturated carbocycles. The van der Waals surface area contributed by atoms with Gasteiger partial charge in [0.05, 0.1) is 0 Å². The normalized spacial score (nSPS) is 11.9. The minimum absolute atomic E-state index is 0.494. The van der Waals surface area contributed by atoms with Crippen molar-refractivity contribution in [3.8, 4) is 22.3 Å². The van der Waals surface area contributed by atoms with Crippen molar-refractivity contribution in [2.24, 2.45) is 0 Å². The molecule has 0 aromatic heterocycles. The van der Waals surface area contributed by atoms with Crippen LogP contribution in [0.4, 0.5) is 0 Å². The van der Waals surface area contributed by atoms with Crippen molar-refractivity contribution in [3.05, 3.63) is 82.4 Å². The smallest absolute Gasteiger partial charge is 0.0146 e. The van der Waals surface area contributed by atoms with Crippen LogP contribution in [-0.2, 0) is 0 Å². The predicted molar refractivity (Wildman–Crippen MR) is 138 cm³/mol. The fraction of sp³-hybridized carbons (Fsp3) is 0.419. The summed E-state index contributed by atoms with van der Waals surface area (Å²) in [7, 11) is 0. The lowest BCUT2D eigenvalue weighted by Crippen LogP contribution is -2.00. The van der Waals surface area contributed by atoms with Crippen LogP contribution in [0.1, 0.15) is 107 Å². The molecule has 0 spiro atoms. The molecule has 0 saturated heterocycles. The lowest BCUT2D eigenvalue weighted by Gasteiger charge is -2.21.